The van der Waals surface area contributed by atoms with Crippen molar-refractivity contribution in [1.82, 2.24) is 20.2 Å². The minimum absolute atomic E-state index is 0.0724. The number of hydrazine groups is 1. The molecular formula is C12H17N5. The molecule has 90 valence electrons. The maximum Gasteiger partial charge on any atom is 0.0758 e. The van der Waals surface area contributed by atoms with Gasteiger partial charge in [-0.05, 0) is 25.5 Å². The number of rotatable bonds is 3. The van der Waals surface area contributed by atoms with Crippen molar-refractivity contribution >= 4 is 0 Å². The molecule has 2 heterocycles. The van der Waals surface area contributed by atoms with Crippen LogP contribution in [-0.4, -0.2) is 14.8 Å². The predicted molar refractivity (Wildman–Crippen MR) is 66.1 cm³/mol. The van der Waals surface area contributed by atoms with Crippen LogP contribution >= 0.6 is 0 Å². The van der Waals surface area contributed by atoms with Crippen LogP contribution in [0.5, 0.6) is 0 Å². The molecule has 2 aromatic rings. The highest BCUT2D eigenvalue weighted by atomic mass is 15.3. The minimum Gasteiger partial charge on any atom is -0.275 e. The van der Waals surface area contributed by atoms with Gasteiger partial charge in [-0.15, -0.1) is 0 Å². The van der Waals surface area contributed by atoms with Gasteiger partial charge in [0.1, 0.15) is 0 Å². The van der Waals surface area contributed by atoms with Gasteiger partial charge in [0.15, 0.2) is 0 Å². The molecular weight excluding hydrogens is 214 g/mol. The van der Waals surface area contributed by atoms with Crippen LogP contribution in [0.4, 0.5) is 0 Å². The lowest BCUT2D eigenvalue weighted by Crippen LogP contribution is -2.29. The molecule has 0 aromatic carbocycles. The highest BCUT2D eigenvalue weighted by Gasteiger charge is 2.16. The van der Waals surface area contributed by atoms with Gasteiger partial charge in [-0.1, -0.05) is 6.07 Å². The van der Waals surface area contributed by atoms with E-state index in [1.54, 1.807) is 4.68 Å². The van der Waals surface area contributed by atoms with Crippen LogP contribution in [0.15, 0.2) is 24.5 Å². The van der Waals surface area contributed by atoms with E-state index in [2.05, 4.69) is 21.6 Å². The van der Waals surface area contributed by atoms with Crippen molar-refractivity contribution in [1.29, 1.82) is 0 Å². The van der Waals surface area contributed by atoms with E-state index >= 15 is 0 Å². The zero-order chi connectivity index (χ0) is 12.4. The highest BCUT2D eigenvalue weighted by Crippen LogP contribution is 2.22. The van der Waals surface area contributed by atoms with E-state index in [1.807, 2.05) is 39.4 Å². The summed E-state index contributed by atoms with van der Waals surface area (Å²) in [5.41, 5.74) is 6.91. The SMILES string of the molecule is Cc1ccc(C(NN)c2cnn(C)c2)c(C)n1. The molecule has 0 saturated carbocycles. The summed E-state index contributed by atoms with van der Waals surface area (Å²) in [5.74, 6) is 5.64. The molecule has 17 heavy (non-hydrogen) atoms. The molecule has 0 spiro atoms. The first kappa shape index (κ1) is 11.8. The maximum absolute atomic E-state index is 5.64. The Balaban J connectivity index is 2.42. The molecule has 1 atom stereocenters. The summed E-state index contributed by atoms with van der Waals surface area (Å²) in [7, 11) is 1.89. The third-order valence-electron chi connectivity index (χ3n) is 2.80. The molecule has 3 N–H and O–H groups in total. The Labute approximate surface area is 101 Å². The van der Waals surface area contributed by atoms with E-state index in [9.17, 15) is 0 Å². The van der Waals surface area contributed by atoms with Crippen LogP contribution < -0.4 is 11.3 Å². The van der Waals surface area contributed by atoms with Crippen molar-refractivity contribution in [3.63, 3.8) is 0 Å². The zero-order valence-electron chi connectivity index (χ0n) is 10.3. The van der Waals surface area contributed by atoms with Crippen molar-refractivity contribution in [2.75, 3.05) is 0 Å². The van der Waals surface area contributed by atoms with Gasteiger partial charge < -0.3 is 0 Å². The molecule has 5 nitrogen and oxygen atoms in total. The number of nitrogens with two attached hydrogens (primary N) is 1. The van der Waals surface area contributed by atoms with E-state index in [1.165, 1.54) is 0 Å². The Morgan fingerprint density at radius 2 is 2.12 bits per heavy atom. The topological polar surface area (TPSA) is 68.8 Å². The van der Waals surface area contributed by atoms with Crippen molar-refractivity contribution in [3.8, 4) is 0 Å². The van der Waals surface area contributed by atoms with Crippen LogP contribution in [-0.2, 0) is 7.05 Å². The largest absolute Gasteiger partial charge is 0.275 e. The average Bonchev–Trinajstić information content (AvgIpc) is 2.69. The first-order chi connectivity index (χ1) is 8.11. The molecule has 2 rings (SSSR count). The molecule has 0 aliphatic carbocycles. The normalized spacial score (nSPS) is 12.7. The quantitative estimate of drug-likeness (QED) is 0.610. The average molecular weight is 231 g/mol. The molecule has 5 heteroatoms. The van der Waals surface area contributed by atoms with Crippen molar-refractivity contribution in [2.24, 2.45) is 12.9 Å². The highest BCUT2D eigenvalue weighted by molar-refractivity contribution is 5.32. The van der Waals surface area contributed by atoms with Gasteiger partial charge >= 0.3 is 0 Å². The molecule has 1 unspecified atom stereocenters. The van der Waals surface area contributed by atoms with Gasteiger partial charge in [0, 0.05) is 30.2 Å². The molecule has 0 aliphatic heterocycles. The maximum atomic E-state index is 5.64. The second kappa shape index (κ2) is 4.65. The van der Waals surface area contributed by atoms with E-state index in [0.717, 1.165) is 22.5 Å². The summed E-state index contributed by atoms with van der Waals surface area (Å²) in [4.78, 5) is 4.45. The number of nitrogens with zero attached hydrogens (tertiary/aromatic N) is 3. The fraction of sp³-hybridized carbons (Fsp3) is 0.333. The summed E-state index contributed by atoms with van der Waals surface area (Å²) in [6.07, 6.45) is 3.76. The number of hydrogen-bond acceptors (Lipinski definition) is 4. The number of hydrogen-bond donors (Lipinski definition) is 2. The molecule has 0 fully saturated rings. The lowest BCUT2D eigenvalue weighted by atomic mass is 10.0. The summed E-state index contributed by atoms with van der Waals surface area (Å²) >= 11 is 0. The third-order valence-corrected chi connectivity index (χ3v) is 2.80. The van der Waals surface area contributed by atoms with Crippen LogP contribution in [0, 0.1) is 13.8 Å². The lowest BCUT2D eigenvalue weighted by molar-refractivity contribution is 0.629. The Morgan fingerprint density at radius 3 is 2.65 bits per heavy atom. The number of pyridine rings is 1. The summed E-state index contributed by atoms with van der Waals surface area (Å²) in [5, 5.41) is 4.16. The minimum atomic E-state index is -0.0724. The van der Waals surface area contributed by atoms with E-state index < -0.39 is 0 Å². The third kappa shape index (κ3) is 2.35. The number of aromatic nitrogens is 3. The van der Waals surface area contributed by atoms with Gasteiger partial charge in [0.05, 0.1) is 12.2 Å². The van der Waals surface area contributed by atoms with E-state index in [4.69, 9.17) is 5.84 Å². The van der Waals surface area contributed by atoms with E-state index in [-0.39, 0.29) is 6.04 Å². The van der Waals surface area contributed by atoms with Gasteiger partial charge in [-0.25, -0.2) is 5.43 Å². The van der Waals surface area contributed by atoms with Crippen molar-refractivity contribution < 1.29 is 0 Å². The summed E-state index contributed by atoms with van der Waals surface area (Å²) in [6.45, 7) is 3.97. The molecule has 0 amide bonds. The molecule has 0 saturated heterocycles. The van der Waals surface area contributed by atoms with Crippen LogP contribution in [0.1, 0.15) is 28.6 Å². The van der Waals surface area contributed by atoms with Crippen LogP contribution in [0.3, 0.4) is 0 Å². The molecule has 0 bridgehead atoms. The molecule has 2 aromatic heterocycles. The Bertz CT molecular complexity index is 517. The van der Waals surface area contributed by atoms with Gasteiger partial charge in [0.2, 0.25) is 0 Å². The summed E-state index contributed by atoms with van der Waals surface area (Å²) < 4.78 is 1.76. The zero-order valence-corrected chi connectivity index (χ0v) is 10.3. The summed E-state index contributed by atoms with van der Waals surface area (Å²) in [6, 6.07) is 3.97. The molecule has 0 radical (unpaired) electrons. The fourth-order valence-electron chi connectivity index (χ4n) is 1.96. The Hall–Kier alpha value is -1.72. The van der Waals surface area contributed by atoms with Crippen LogP contribution in [0.25, 0.3) is 0 Å². The second-order valence-corrected chi connectivity index (χ2v) is 4.17. The monoisotopic (exact) mass is 231 g/mol. The van der Waals surface area contributed by atoms with Gasteiger partial charge in [-0.3, -0.25) is 15.5 Å². The van der Waals surface area contributed by atoms with Crippen molar-refractivity contribution in [2.45, 2.75) is 19.9 Å². The predicted octanol–water partition coefficient (Wildman–Crippen LogP) is 0.985. The molecule has 0 aliphatic rings. The Kier molecular flexibility index (Phi) is 3.21. The Morgan fingerprint density at radius 1 is 1.35 bits per heavy atom. The van der Waals surface area contributed by atoms with Gasteiger partial charge in [-0.2, -0.15) is 5.10 Å². The second-order valence-electron chi connectivity index (χ2n) is 4.17. The van der Waals surface area contributed by atoms with Crippen molar-refractivity contribution in [3.05, 3.63) is 47.0 Å². The van der Waals surface area contributed by atoms with Crippen LogP contribution in [0.2, 0.25) is 0 Å². The van der Waals surface area contributed by atoms with E-state index in [0.29, 0.717) is 0 Å². The first-order valence-electron chi connectivity index (χ1n) is 5.50. The number of nitrogens with one attached hydrogen (secondary N) is 1. The lowest BCUT2D eigenvalue weighted by Gasteiger charge is -2.16. The fourth-order valence-corrected chi connectivity index (χ4v) is 1.96. The smallest absolute Gasteiger partial charge is 0.0758 e. The van der Waals surface area contributed by atoms with Gasteiger partial charge in [0.25, 0.3) is 0 Å². The first-order valence-corrected chi connectivity index (χ1v) is 5.50. The standard InChI is InChI=1S/C12H17N5/c1-8-4-5-11(9(2)15-8)12(16-13)10-6-14-17(3)7-10/h4-7,12,16H,13H2,1-3H3. The number of aryl methyl sites for hydroxylation is 3.